The molecule has 2 heteroatoms. The van der Waals surface area contributed by atoms with Crippen molar-refractivity contribution in [3.8, 4) is 0 Å². The van der Waals surface area contributed by atoms with Gasteiger partial charge in [0.15, 0.2) is 0 Å². The number of hydrogen-bond donors (Lipinski definition) is 1. The van der Waals surface area contributed by atoms with Crippen LogP contribution in [0.25, 0.3) is 0 Å². The standard InChI is InChI=1S/C14H20N2/c1-11(2)12-3-5-13(6-4-12)16-9-14(10-16)7-15-8-14/h3-6,11,15H,7-10H2,1-2H3. The number of anilines is 1. The SMILES string of the molecule is CC(C)c1ccc(N2CC3(CNC3)C2)cc1. The Kier molecular flexibility index (Phi) is 2.21. The van der Waals surface area contributed by atoms with Gasteiger partial charge in [0, 0.05) is 37.3 Å². The minimum absolute atomic E-state index is 0.622. The zero-order valence-corrected chi connectivity index (χ0v) is 10.2. The highest BCUT2D eigenvalue weighted by molar-refractivity contribution is 5.51. The summed E-state index contributed by atoms with van der Waals surface area (Å²) >= 11 is 0. The molecule has 16 heavy (non-hydrogen) atoms. The Morgan fingerprint density at radius 3 is 2.19 bits per heavy atom. The van der Waals surface area contributed by atoms with Crippen LogP contribution in [0.15, 0.2) is 24.3 Å². The van der Waals surface area contributed by atoms with Crippen molar-refractivity contribution in [3.63, 3.8) is 0 Å². The maximum atomic E-state index is 3.37. The highest BCUT2D eigenvalue weighted by Crippen LogP contribution is 2.37. The second kappa shape index (κ2) is 3.49. The summed E-state index contributed by atoms with van der Waals surface area (Å²) < 4.78 is 0. The Labute approximate surface area is 97.6 Å². The lowest BCUT2D eigenvalue weighted by atomic mass is 9.74. The van der Waals surface area contributed by atoms with Gasteiger partial charge in [0.1, 0.15) is 0 Å². The van der Waals surface area contributed by atoms with E-state index in [1.807, 2.05) is 0 Å². The molecule has 0 atom stereocenters. The second-order valence-corrected chi connectivity index (χ2v) is 5.71. The van der Waals surface area contributed by atoms with E-state index in [9.17, 15) is 0 Å². The topological polar surface area (TPSA) is 15.3 Å². The summed E-state index contributed by atoms with van der Waals surface area (Å²) in [7, 11) is 0. The first-order valence-electron chi connectivity index (χ1n) is 6.24. The van der Waals surface area contributed by atoms with Gasteiger partial charge in [-0.3, -0.25) is 0 Å². The van der Waals surface area contributed by atoms with Crippen LogP contribution in [-0.4, -0.2) is 26.2 Å². The molecule has 86 valence electrons. The van der Waals surface area contributed by atoms with E-state index in [2.05, 4.69) is 48.3 Å². The number of hydrogen-bond acceptors (Lipinski definition) is 2. The lowest BCUT2D eigenvalue weighted by Gasteiger charge is -2.57. The van der Waals surface area contributed by atoms with E-state index in [0.29, 0.717) is 11.3 Å². The van der Waals surface area contributed by atoms with Crippen LogP contribution in [0.1, 0.15) is 25.3 Å². The van der Waals surface area contributed by atoms with Gasteiger partial charge in [0.05, 0.1) is 0 Å². The lowest BCUT2D eigenvalue weighted by molar-refractivity contribution is 0.121. The molecule has 2 saturated heterocycles. The smallest absolute Gasteiger partial charge is 0.0366 e. The summed E-state index contributed by atoms with van der Waals surface area (Å²) in [6.45, 7) is 9.39. The third kappa shape index (κ3) is 1.52. The fourth-order valence-electron chi connectivity index (χ4n) is 2.72. The molecule has 1 aromatic carbocycles. The summed E-state index contributed by atoms with van der Waals surface area (Å²) in [5, 5.41) is 3.37. The zero-order chi connectivity index (χ0) is 11.2. The Hall–Kier alpha value is -1.02. The highest BCUT2D eigenvalue weighted by atomic mass is 15.3. The van der Waals surface area contributed by atoms with Gasteiger partial charge in [-0.25, -0.2) is 0 Å². The third-order valence-corrected chi connectivity index (χ3v) is 3.98. The molecule has 2 aliphatic heterocycles. The van der Waals surface area contributed by atoms with Crippen LogP contribution in [0, 0.1) is 5.41 Å². The van der Waals surface area contributed by atoms with Gasteiger partial charge in [-0.05, 0) is 23.6 Å². The van der Waals surface area contributed by atoms with Crippen LogP contribution in [0.2, 0.25) is 0 Å². The minimum atomic E-state index is 0.622. The first kappa shape index (κ1) is 10.2. The summed E-state index contributed by atoms with van der Waals surface area (Å²) in [4.78, 5) is 2.49. The number of rotatable bonds is 2. The Bertz CT molecular complexity index is 368. The molecule has 0 radical (unpaired) electrons. The van der Waals surface area contributed by atoms with Crippen LogP contribution >= 0.6 is 0 Å². The lowest BCUT2D eigenvalue weighted by Crippen LogP contribution is -2.71. The molecule has 2 aliphatic rings. The zero-order valence-electron chi connectivity index (χ0n) is 10.2. The molecule has 0 aromatic heterocycles. The molecule has 0 amide bonds. The third-order valence-electron chi connectivity index (χ3n) is 3.98. The molecule has 0 unspecified atom stereocenters. The largest absolute Gasteiger partial charge is 0.370 e. The van der Waals surface area contributed by atoms with E-state index < -0.39 is 0 Å². The minimum Gasteiger partial charge on any atom is -0.370 e. The molecule has 0 aliphatic carbocycles. The molecule has 3 rings (SSSR count). The van der Waals surface area contributed by atoms with Crippen molar-refractivity contribution < 1.29 is 0 Å². The fourth-order valence-corrected chi connectivity index (χ4v) is 2.72. The van der Waals surface area contributed by atoms with Gasteiger partial charge < -0.3 is 10.2 Å². The van der Waals surface area contributed by atoms with Crippen LogP contribution in [0.5, 0.6) is 0 Å². The summed E-state index contributed by atoms with van der Waals surface area (Å²) in [5.41, 5.74) is 3.45. The summed E-state index contributed by atoms with van der Waals surface area (Å²) in [5.74, 6) is 0.632. The highest BCUT2D eigenvalue weighted by Gasteiger charge is 2.47. The molecule has 2 nitrogen and oxygen atoms in total. The number of nitrogens with zero attached hydrogens (tertiary/aromatic N) is 1. The summed E-state index contributed by atoms with van der Waals surface area (Å²) in [6.07, 6.45) is 0. The van der Waals surface area contributed by atoms with Crippen molar-refractivity contribution >= 4 is 5.69 Å². The molecule has 2 heterocycles. The molecular formula is C14H20N2. The predicted molar refractivity (Wildman–Crippen MR) is 68.0 cm³/mol. The molecular weight excluding hydrogens is 196 g/mol. The van der Waals surface area contributed by atoms with Crippen LogP contribution in [0.4, 0.5) is 5.69 Å². The average Bonchev–Trinajstić information content (AvgIpc) is 2.14. The normalized spacial score (nSPS) is 22.1. The van der Waals surface area contributed by atoms with Crippen molar-refractivity contribution in [2.75, 3.05) is 31.1 Å². The van der Waals surface area contributed by atoms with E-state index in [0.717, 1.165) is 0 Å². The predicted octanol–water partition coefficient (Wildman–Crippen LogP) is 2.22. The Morgan fingerprint density at radius 1 is 1.12 bits per heavy atom. The number of benzene rings is 1. The molecule has 1 aromatic rings. The van der Waals surface area contributed by atoms with E-state index in [1.54, 1.807) is 0 Å². The van der Waals surface area contributed by atoms with E-state index >= 15 is 0 Å². The van der Waals surface area contributed by atoms with Crippen molar-refractivity contribution in [2.24, 2.45) is 5.41 Å². The van der Waals surface area contributed by atoms with E-state index in [-0.39, 0.29) is 0 Å². The molecule has 1 N–H and O–H groups in total. The number of nitrogens with one attached hydrogen (secondary N) is 1. The second-order valence-electron chi connectivity index (χ2n) is 5.71. The van der Waals surface area contributed by atoms with Gasteiger partial charge in [0.25, 0.3) is 0 Å². The Morgan fingerprint density at radius 2 is 1.75 bits per heavy atom. The van der Waals surface area contributed by atoms with Crippen molar-refractivity contribution in [1.82, 2.24) is 5.32 Å². The van der Waals surface area contributed by atoms with Crippen LogP contribution in [-0.2, 0) is 0 Å². The van der Waals surface area contributed by atoms with Gasteiger partial charge in [-0.1, -0.05) is 26.0 Å². The first-order chi connectivity index (χ1) is 7.69. The van der Waals surface area contributed by atoms with Gasteiger partial charge in [0.2, 0.25) is 0 Å². The van der Waals surface area contributed by atoms with Crippen LogP contribution < -0.4 is 10.2 Å². The molecule has 0 bridgehead atoms. The maximum absolute atomic E-state index is 3.37. The van der Waals surface area contributed by atoms with Crippen molar-refractivity contribution in [1.29, 1.82) is 0 Å². The van der Waals surface area contributed by atoms with Crippen molar-refractivity contribution in [3.05, 3.63) is 29.8 Å². The summed E-state index contributed by atoms with van der Waals surface area (Å²) in [6, 6.07) is 9.08. The van der Waals surface area contributed by atoms with Gasteiger partial charge in [-0.15, -0.1) is 0 Å². The van der Waals surface area contributed by atoms with Gasteiger partial charge >= 0.3 is 0 Å². The average molecular weight is 216 g/mol. The van der Waals surface area contributed by atoms with E-state index in [4.69, 9.17) is 0 Å². The van der Waals surface area contributed by atoms with E-state index in [1.165, 1.54) is 37.4 Å². The first-order valence-corrected chi connectivity index (χ1v) is 6.24. The molecule has 1 spiro atoms. The fraction of sp³-hybridized carbons (Fsp3) is 0.571. The van der Waals surface area contributed by atoms with Crippen molar-refractivity contribution in [2.45, 2.75) is 19.8 Å². The molecule has 0 saturated carbocycles. The Balaban J connectivity index is 1.67. The quantitative estimate of drug-likeness (QED) is 0.815. The van der Waals surface area contributed by atoms with Gasteiger partial charge in [-0.2, -0.15) is 0 Å². The molecule has 2 fully saturated rings. The maximum Gasteiger partial charge on any atom is 0.0366 e. The van der Waals surface area contributed by atoms with Crippen LogP contribution in [0.3, 0.4) is 0 Å². The monoisotopic (exact) mass is 216 g/mol.